The van der Waals surface area contributed by atoms with Gasteiger partial charge < -0.3 is 9.63 Å². The third-order valence-electron chi connectivity index (χ3n) is 2.58. The molecule has 0 saturated carbocycles. The van der Waals surface area contributed by atoms with Crippen molar-refractivity contribution in [3.8, 4) is 0 Å². The van der Waals surface area contributed by atoms with E-state index in [2.05, 4.69) is 10.1 Å². The van der Waals surface area contributed by atoms with E-state index in [-0.39, 0.29) is 6.61 Å². The molecule has 1 aromatic heterocycles. The minimum atomic E-state index is 0.255. The average molecular weight is 182 g/mol. The Kier molecular flexibility index (Phi) is 2.61. The Labute approximate surface area is 77.1 Å². The molecule has 0 radical (unpaired) electrons. The van der Waals surface area contributed by atoms with E-state index in [1.165, 1.54) is 6.42 Å². The van der Waals surface area contributed by atoms with Crippen LogP contribution in [0.1, 0.15) is 18.4 Å². The molecule has 1 atom stereocenters. The van der Waals surface area contributed by atoms with Crippen LogP contribution < -0.4 is 0 Å². The van der Waals surface area contributed by atoms with Crippen molar-refractivity contribution in [3.63, 3.8) is 0 Å². The highest BCUT2D eigenvalue weighted by molar-refractivity contribution is 5.01. The summed E-state index contributed by atoms with van der Waals surface area (Å²) in [5.41, 5.74) is 1.08. The highest BCUT2D eigenvalue weighted by atomic mass is 16.5. The summed E-state index contributed by atoms with van der Waals surface area (Å²) in [7, 11) is 0. The lowest BCUT2D eigenvalue weighted by Crippen LogP contribution is -2.31. The molecule has 2 heterocycles. The van der Waals surface area contributed by atoms with Crippen molar-refractivity contribution >= 4 is 0 Å². The highest BCUT2D eigenvalue weighted by Gasteiger charge is 2.23. The van der Waals surface area contributed by atoms with E-state index in [4.69, 9.17) is 9.63 Å². The van der Waals surface area contributed by atoms with Gasteiger partial charge in [0.2, 0.25) is 0 Å². The lowest BCUT2D eigenvalue weighted by molar-refractivity contribution is 0.153. The zero-order valence-electron chi connectivity index (χ0n) is 7.52. The van der Waals surface area contributed by atoms with Gasteiger partial charge in [0.05, 0.1) is 12.8 Å². The van der Waals surface area contributed by atoms with Crippen LogP contribution in [-0.2, 0) is 6.54 Å². The number of nitrogens with zero attached hydrogens (tertiary/aromatic N) is 2. The van der Waals surface area contributed by atoms with Gasteiger partial charge in [0.25, 0.3) is 0 Å². The predicted octanol–water partition coefficient (Wildman–Crippen LogP) is 0.631. The Balaban J connectivity index is 1.94. The summed E-state index contributed by atoms with van der Waals surface area (Å²) in [6.45, 7) is 2.16. The smallest absolute Gasteiger partial charge is 0.128 e. The van der Waals surface area contributed by atoms with Gasteiger partial charge in [0, 0.05) is 18.2 Å². The standard InChI is InChI=1S/C9H14N2O2/c12-6-9-2-1-3-11(9)5-8-4-10-13-7-8/h4,7,9,12H,1-3,5-6H2. The van der Waals surface area contributed by atoms with Crippen LogP contribution in [0.2, 0.25) is 0 Å². The number of aliphatic hydroxyl groups excluding tert-OH is 1. The van der Waals surface area contributed by atoms with Gasteiger partial charge in [-0.1, -0.05) is 5.16 Å². The van der Waals surface area contributed by atoms with E-state index in [1.54, 1.807) is 12.5 Å². The molecule has 2 rings (SSSR count). The van der Waals surface area contributed by atoms with Crippen LogP contribution in [0.3, 0.4) is 0 Å². The molecule has 0 aliphatic carbocycles. The molecule has 1 aliphatic heterocycles. The second-order valence-electron chi connectivity index (χ2n) is 3.48. The van der Waals surface area contributed by atoms with Gasteiger partial charge in [0.15, 0.2) is 0 Å². The van der Waals surface area contributed by atoms with Gasteiger partial charge in [-0.05, 0) is 19.4 Å². The molecule has 1 aliphatic rings. The Hall–Kier alpha value is -0.870. The first-order chi connectivity index (χ1) is 6.40. The van der Waals surface area contributed by atoms with Gasteiger partial charge in [-0.15, -0.1) is 0 Å². The number of hydrogen-bond acceptors (Lipinski definition) is 4. The number of aliphatic hydroxyl groups is 1. The van der Waals surface area contributed by atoms with E-state index in [9.17, 15) is 0 Å². The molecule has 1 aromatic rings. The van der Waals surface area contributed by atoms with Crippen molar-refractivity contribution in [1.82, 2.24) is 10.1 Å². The molecular weight excluding hydrogens is 168 g/mol. The Bertz CT molecular complexity index is 248. The summed E-state index contributed by atoms with van der Waals surface area (Å²) in [6.07, 6.45) is 5.66. The summed E-state index contributed by atoms with van der Waals surface area (Å²) >= 11 is 0. The number of hydrogen-bond donors (Lipinski definition) is 1. The van der Waals surface area contributed by atoms with Crippen molar-refractivity contribution in [2.45, 2.75) is 25.4 Å². The molecule has 1 fully saturated rings. The van der Waals surface area contributed by atoms with Crippen LogP contribution in [0.5, 0.6) is 0 Å². The Morgan fingerprint density at radius 1 is 1.69 bits per heavy atom. The number of rotatable bonds is 3. The van der Waals surface area contributed by atoms with E-state index in [0.717, 1.165) is 25.1 Å². The summed E-state index contributed by atoms with van der Waals surface area (Å²) in [5.74, 6) is 0. The van der Waals surface area contributed by atoms with Gasteiger partial charge in [0.1, 0.15) is 6.26 Å². The number of likely N-dealkylation sites (tertiary alicyclic amines) is 1. The molecule has 1 unspecified atom stereocenters. The third-order valence-corrected chi connectivity index (χ3v) is 2.58. The third kappa shape index (κ3) is 1.89. The van der Waals surface area contributed by atoms with Crippen molar-refractivity contribution in [2.24, 2.45) is 0 Å². The normalized spacial score (nSPS) is 23.9. The zero-order chi connectivity index (χ0) is 9.10. The molecule has 1 saturated heterocycles. The van der Waals surface area contributed by atoms with Crippen LogP contribution in [0.25, 0.3) is 0 Å². The van der Waals surface area contributed by atoms with Crippen LogP contribution in [0, 0.1) is 0 Å². The molecule has 4 nitrogen and oxygen atoms in total. The van der Waals surface area contributed by atoms with Crippen LogP contribution >= 0.6 is 0 Å². The van der Waals surface area contributed by atoms with Crippen LogP contribution in [-0.4, -0.2) is 34.4 Å². The van der Waals surface area contributed by atoms with Gasteiger partial charge in [-0.3, -0.25) is 4.90 Å². The van der Waals surface area contributed by atoms with Crippen molar-refractivity contribution in [1.29, 1.82) is 0 Å². The van der Waals surface area contributed by atoms with Gasteiger partial charge >= 0.3 is 0 Å². The van der Waals surface area contributed by atoms with E-state index in [1.807, 2.05) is 0 Å². The lowest BCUT2D eigenvalue weighted by Gasteiger charge is -2.21. The maximum absolute atomic E-state index is 9.08. The maximum Gasteiger partial charge on any atom is 0.128 e. The van der Waals surface area contributed by atoms with E-state index < -0.39 is 0 Å². The topological polar surface area (TPSA) is 49.5 Å². The summed E-state index contributed by atoms with van der Waals surface area (Å²) in [4.78, 5) is 2.27. The molecule has 13 heavy (non-hydrogen) atoms. The summed E-state index contributed by atoms with van der Waals surface area (Å²) < 4.78 is 4.75. The molecule has 0 bridgehead atoms. The van der Waals surface area contributed by atoms with Crippen LogP contribution in [0.4, 0.5) is 0 Å². The van der Waals surface area contributed by atoms with E-state index >= 15 is 0 Å². The largest absolute Gasteiger partial charge is 0.395 e. The Morgan fingerprint density at radius 3 is 3.31 bits per heavy atom. The maximum atomic E-state index is 9.08. The predicted molar refractivity (Wildman–Crippen MR) is 47.0 cm³/mol. The summed E-state index contributed by atoms with van der Waals surface area (Å²) in [5, 5.41) is 12.7. The Morgan fingerprint density at radius 2 is 2.62 bits per heavy atom. The van der Waals surface area contributed by atoms with E-state index in [0.29, 0.717) is 6.04 Å². The quantitative estimate of drug-likeness (QED) is 0.745. The summed E-state index contributed by atoms with van der Waals surface area (Å²) in [6, 6.07) is 0.329. The van der Waals surface area contributed by atoms with Crippen molar-refractivity contribution in [3.05, 3.63) is 18.0 Å². The monoisotopic (exact) mass is 182 g/mol. The van der Waals surface area contributed by atoms with Crippen molar-refractivity contribution in [2.75, 3.05) is 13.2 Å². The first kappa shape index (κ1) is 8.72. The first-order valence-electron chi connectivity index (χ1n) is 4.63. The second-order valence-corrected chi connectivity index (χ2v) is 3.48. The van der Waals surface area contributed by atoms with Gasteiger partial charge in [-0.25, -0.2) is 0 Å². The molecule has 0 aromatic carbocycles. The minimum Gasteiger partial charge on any atom is -0.395 e. The first-order valence-corrected chi connectivity index (χ1v) is 4.63. The number of aromatic nitrogens is 1. The zero-order valence-corrected chi connectivity index (χ0v) is 7.52. The molecule has 0 spiro atoms. The van der Waals surface area contributed by atoms with Crippen molar-refractivity contribution < 1.29 is 9.63 Å². The molecular formula is C9H14N2O2. The van der Waals surface area contributed by atoms with Crippen LogP contribution in [0.15, 0.2) is 17.0 Å². The molecule has 0 amide bonds. The lowest BCUT2D eigenvalue weighted by atomic mass is 10.2. The fourth-order valence-electron chi connectivity index (χ4n) is 1.85. The minimum absolute atomic E-state index is 0.255. The average Bonchev–Trinajstić information content (AvgIpc) is 2.76. The highest BCUT2D eigenvalue weighted by Crippen LogP contribution is 2.19. The fraction of sp³-hybridized carbons (Fsp3) is 0.667. The second kappa shape index (κ2) is 3.89. The molecule has 72 valence electrons. The molecule has 1 N–H and O–H groups in total. The fourth-order valence-corrected chi connectivity index (χ4v) is 1.85. The SMILES string of the molecule is OCC1CCCN1Cc1cnoc1. The van der Waals surface area contributed by atoms with Gasteiger partial charge in [-0.2, -0.15) is 0 Å². The molecule has 4 heteroatoms.